The van der Waals surface area contributed by atoms with Crippen LogP contribution in [0.25, 0.3) is 5.69 Å². The Morgan fingerprint density at radius 2 is 1.87 bits per heavy atom. The highest BCUT2D eigenvalue weighted by atomic mass is 19.4. The average Bonchev–Trinajstić information content (AvgIpc) is 3.31. The molecule has 156 valence electrons. The normalized spacial score (nSPS) is 12.9. The number of amides is 1. The van der Waals surface area contributed by atoms with Gasteiger partial charge in [0, 0.05) is 24.4 Å². The molecular formula is C20H15F4N3O3. The summed E-state index contributed by atoms with van der Waals surface area (Å²) in [5, 5.41) is 3.35. The summed E-state index contributed by atoms with van der Waals surface area (Å²) in [7, 11) is 1.55. The molecule has 3 aromatic rings. The van der Waals surface area contributed by atoms with E-state index in [2.05, 4.69) is 5.10 Å². The summed E-state index contributed by atoms with van der Waals surface area (Å²) < 4.78 is 64.3. The summed E-state index contributed by atoms with van der Waals surface area (Å²) in [5.41, 5.74) is -1.05. The number of fused-ring (bicyclic) bond motifs is 1. The van der Waals surface area contributed by atoms with Crippen LogP contribution in [0.4, 0.5) is 23.2 Å². The highest BCUT2D eigenvalue weighted by molar-refractivity contribution is 6.06. The Morgan fingerprint density at radius 1 is 1.13 bits per heavy atom. The van der Waals surface area contributed by atoms with Crippen molar-refractivity contribution in [2.75, 3.05) is 18.7 Å². The minimum Gasteiger partial charge on any atom is -0.454 e. The van der Waals surface area contributed by atoms with E-state index in [1.807, 2.05) is 0 Å². The molecule has 2 heterocycles. The smallest absolute Gasteiger partial charge is 0.438 e. The van der Waals surface area contributed by atoms with Crippen LogP contribution < -0.4 is 14.4 Å². The van der Waals surface area contributed by atoms with Crippen LogP contribution in [0, 0.1) is 12.7 Å². The number of carbonyl (C=O) groups excluding carboxylic acids is 1. The van der Waals surface area contributed by atoms with Crippen molar-refractivity contribution >= 4 is 11.6 Å². The number of alkyl halides is 3. The van der Waals surface area contributed by atoms with Crippen LogP contribution >= 0.6 is 0 Å². The number of anilines is 1. The van der Waals surface area contributed by atoms with Gasteiger partial charge >= 0.3 is 6.18 Å². The van der Waals surface area contributed by atoms with Crippen molar-refractivity contribution in [2.24, 2.45) is 0 Å². The molecule has 0 saturated heterocycles. The molecule has 4 rings (SSSR count). The fourth-order valence-electron chi connectivity index (χ4n) is 3.09. The molecule has 0 fully saturated rings. The van der Waals surface area contributed by atoms with Gasteiger partial charge in [-0.25, -0.2) is 9.07 Å². The first-order valence-corrected chi connectivity index (χ1v) is 8.77. The zero-order valence-corrected chi connectivity index (χ0v) is 15.8. The van der Waals surface area contributed by atoms with Crippen LogP contribution in [0.5, 0.6) is 11.5 Å². The first kappa shape index (κ1) is 19.7. The molecular weight excluding hydrogens is 406 g/mol. The van der Waals surface area contributed by atoms with Crippen LogP contribution in [-0.2, 0) is 6.18 Å². The first-order valence-electron chi connectivity index (χ1n) is 8.77. The summed E-state index contributed by atoms with van der Waals surface area (Å²) in [4.78, 5) is 14.3. The van der Waals surface area contributed by atoms with E-state index >= 15 is 0 Å². The third-order valence-corrected chi connectivity index (χ3v) is 4.70. The van der Waals surface area contributed by atoms with E-state index < -0.39 is 23.6 Å². The second-order valence-corrected chi connectivity index (χ2v) is 6.61. The number of hydrogen-bond donors (Lipinski definition) is 0. The number of carbonyl (C=O) groups is 1. The van der Waals surface area contributed by atoms with Gasteiger partial charge in [-0.3, -0.25) is 4.79 Å². The Balaban J connectivity index is 1.66. The van der Waals surface area contributed by atoms with Gasteiger partial charge in [0.25, 0.3) is 5.91 Å². The maximum absolute atomic E-state index is 14.0. The fourth-order valence-corrected chi connectivity index (χ4v) is 3.09. The molecule has 0 N–H and O–H groups in total. The van der Waals surface area contributed by atoms with Gasteiger partial charge in [-0.15, -0.1) is 0 Å². The zero-order chi connectivity index (χ0) is 21.6. The monoisotopic (exact) mass is 421 g/mol. The van der Waals surface area contributed by atoms with Gasteiger partial charge in [0.2, 0.25) is 12.5 Å². The number of halogens is 4. The SMILES string of the molecule is Cc1c(F)c(C(F)(F)F)nn1-c1cccc(C(=O)N(C)c2ccc3c(c2)OCO3)c1. The minimum atomic E-state index is -4.92. The van der Waals surface area contributed by atoms with Crippen molar-refractivity contribution in [1.29, 1.82) is 0 Å². The molecule has 10 heteroatoms. The molecule has 1 aromatic heterocycles. The third kappa shape index (κ3) is 3.34. The predicted molar refractivity (Wildman–Crippen MR) is 98.6 cm³/mol. The zero-order valence-electron chi connectivity index (χ0n) is 15.8. The molecule has 0 spiro atoms. The summed E-state index contributed by atoms with van der Waals surface area (Å²) in [6.07, 6.45) is -4.92. The Bertz CT molecular complexity index is 1140. The Kier molecular flexibility index (Phi) is 4.64. The third-order valence-electron chi connectivity index (χ3n) is 4.70. The van der Waals surface area contributed by atoms with Gasteiger partial charge in [0.15, 0.2) is 17.3 Å². The molecule has 0 bridgehead atoms. The molecule has 6 nitrogen and oxygen atoms in total. The summed E-state index contributed by atoms with van der Waals surface area (Å²) in [6, 6.07) is 10.8. The quantitative estimate of drug-likeness (QED) is 0.591. The van der Waals surface area contributed by atoms with Gasteiger partial charge in [0.05, 0.1) is 11.4 Å². The van der Waals surface area contributed by atoms with Crippen molar-refractivity contribution in [3.05, 3.63) is 65.2 Å². The number of benzene rings is 2. The van der Waals surface area contributed by atoms with Gasteiger partial charge in [-0.1, -0.05) is 6.07 Å². The van der Waals surface area contributed by atoms with E-state index in [-0.39, 0.29) is 23.7 Å². The largest absolute Gasteiger partial charge is 0.454 e. The predicted octanol–water partition coefficient (Wildman–Crippen LogP) is 4.34. The number of ether oxygens (including phenoxy) is 2. The number of aromatic nitrogens is 2. The molecule has 2 aromatic carbocycles. The lowest BCUT2D eigenvalue weighted by Gasteiger charge is -2.18. The maximum atomic E-state index is 14.0. The van der Waals surface area contributed by atoms with Crippen molar-refractivity contribution < 1.29 is 31.8 Å². The summed E-state index contributed by atoms with van der Waals surface area (Å²) in [6.45, 7) is 1.28. The molecule has 1 aliphatic rings. The Hall–Kier alpha value is -3.56. The van der Waals surface area contributed by atoms with Gasteiger partial charge in [-0.2, -0.15) is 18.3 Å². The van der Waals surface area contributed by atoms with Crippen LogP contribution in [0.15, 0.2) is 42.5 Å². The van der Waals surface area contributed by atoms with Gasteiger partial charge in [0.1, 0.15) is 0 Å². The average molecular weight is 421 g/mol. The van der Waals surface area contributed by atoms with Crippen LogP contribution in [0.3, 0.4) is 0 Å². The highest BCUT2D eigenvalue weighted by Gasteiger charge is 2.39. The Labute approximate surface area is 168 Å². The van der Waals surface area contributed by atoms with Crippen molar-refractivity contribution in [1.82, 2.24) is 9.78 Å². The summed E-state index contributed by atoms with van der Waals surface area (Å²) in [5.74, 6) is -0.796. The van der Waals surface area contributed by atoms with E-state index in [1.54, 1.807) is 25.2 Å². The van der Waals surface area contributed by atoms with Crippen molar-refractivity contribution in [3.63, 3.8) is 0 Å². The fraction of sp³-hybridized carbons (Fsp3) is 0.200. The number of rotatable bonds is 3. The van der Waals surface area contributed by atoms with Crippen LogP contribution in [-0.4, -0.2) is 29.5 Å². The van der Waals surface area contributed by atoms with Gasteiger partial charge in [-0.05, 0) is 37.3 Å². The first-order chi connectivity index (χ1) is 14.2. The van der Waals surface area contributed by atoms with Crippen LogP contribution in [0.2, 0.25) is 0 Å². The van der Waals surface area contributed by atoms with E-state index in [0.29, 0.717) is 17.2 Å². The number of nitrogens with zero attached hydrogens (tertiary/aromatic N) is 3. The molecule has 0 radical (unpaired) electrons. The molecule has 1 amide bonds. The van der Waals surface area contributed by atoms with E-state index in [4.69, 9.17) is 9.47 Å². The molecule has 0 unspecified atom stereocenters. The molecule has 1 aliphatic heterocycles. The van der Waals surface area contributed by atoms with Crippen LogP contribution in [0.1, 0.15) is 21.7 Å². The topological polar surface area (TPSA) is 56.6 Å². The molecule has 0 saturated carbocycles. The lowest BCUT2D eigenvalue weighted by Crippen LogP contribution is -2.26. The second-order valence-electron chi connectivity index (χ2n) is 6.61. The van der Waals surface area contributed by atoms with Gasteiger partial charge < -0.3 is 14.4 Å². The van der Waals surface area contributed by atoms with E-state index in [9.17, 15) is 22.4 Å². The van der Waals surface area contributed by atoms with E-state index in [0.717, 1.165) is 4.68 Å². The molecule has 0 aliphatic carbocycles. The lowest BCUT2D eigenvalue weighted by atomic mass is 10.1. The number of hydrogen-bond acceptors (Lipinski definition) is 4. The lowest BCUT2D eigenvalue weighted by molar-refractivity contribution is -0.143. The van der Waals surface area contributed by atoms with Crippen molar-refractivity contribution in [2.45, 2.75) is 13.1 Å². The Morgan fingerprint density at radius 3 is 2.57 bits per heavy atom. The second kappa shape index (κ2) is 7.05. The molecule has 0 atom stereocenters. The summed E-state index contributed by atoms with van der Waals surface area (Å²) >= 11 is 0. The minimum absolute atomic E-state index is 0.0954. The standard InChI is InChI=1S/C20H15F4N3O3/c1-11-17(21)18(20(22,23)24)25-27(11)14-5-3-4-12(8-14)19(28)26(2)13-6-7-15-16(9-13)30-10-29-15/h3-9H,10H2,1-2H3. The highest BCUT2D eigenvalue weighted by Crippen LogP contribution is 2.36. The van der Waals surface area contributed by atoms with E-state index in [1.165, 1.54) is 36.1 Å². The maximum Gasteiger partial charge on any atom is 0.438 e. The van der Waals surface area contributed by atoms with Crippen molar-refractivity contribution in [3.8, 4) is 17.2 Å². The molecule has 30 heavy (non-hydrogen) atoms.